The monoisotopic (exact) mass is 403 g/mol. The lowest BCUT2D eigenvalue weighted by molar-refractivity contribution is 0.258. The number of aromatic nitrogens is 2. The van der Waals surface area contributed by atoms with E-state index in [1.165, 1.54) is 11.3 Å². The van der Waals surface area contributed by atoms with Gasteiger partial charge >= 0.3 is 0 Å². The second-order valence-electron chi connectivity index (χ2n) is 6.51. The van der Waals surface area contributed by atoms with Crippen LogP contribution in [0.5, 0.6) is 5.88 Å². The Morgan fingerprint density at radius 2 is 1.78 bits per heavy atom. The molecule has 2 heterocycles. The van der Waals surface area contributed by atoms with E-state index in [0.717, 1.165) is 10.4 Å². The van der Waals surface area contributed by atoms with Crippen molar-refractivity contribution in [1.29, 1.82) is 0 Å². The molecule has 0 bridgehead atoms. The van der Waals surface area contributed by atoms with Crippen molar-refractivity contribution in [3.05, 3.63) is 53.4 Å². The minimum Gasteiger partial charge on any atom is -0.476 e. The van der Waals surface area contributed by atoms with E-state index in [-0.39, 0.29) is 0 Å². The highest BCUT2D eigenvalue weighted by Gasteiger charge is 2.16. The SMILES string of the molecule is Cc1ccc(S(=O)(=O)Nc2ccc(-c3ccc(OCC(C)C)nn3)cc2)s1. The standard InChI is InChI=1S/C19H21N3O3S2/c1-13(2)12-25-18-10-9-17(20-21-18)15-5-7-16(8-6-15)22-27(23,24)19-11-4-14(3)26-19/h4-11,13,22H,12H2,1-3H3. The molecule has 0 saturated carbocycles. The Morgan fingerprint density at radius 3 is 2.33 bits per heavy atom. The molecule has 3 aromatic rings. The molecular weight excluding hydrogens is 382 g/mol. The molecule has 0 saturated heterocycles. The van der Waals surface area contributed by atoms with Gasteiger partial charge in [-0.05, 0) is 43.2 Å². The summed E-state index contributed by atoms with van der Waals surface area (Å²) in [4.78, 5) is 0.949. The van der Waals surface area contributed by atoms with Crippen LogP contribution in [0.15, 0.2) is 52.7 Å². The summed E-state index contributed by atoms with van der Waals surface area (Å²) in [5.41, 5.74) is 2.03. The second-order valence-corrected chi connectivity index (χ2v) is 9.71. The zero-order valence-electron chi connectivity index (χ0n) is 15.3. The maximum absolute atomic E-state index is 12.4. The average molecular weight is 404 g/mol. The highest BCUT2D eigenvalue weighted by atomic mass is 32.2. The number of hydrogen-bond acceptors (Lipinski definition) is 6. The van der Waals surface area contributed by atoms with E-state index in [4.69, 9.17) is 4.74 Å². The molecule has 0 fully saturated rings. The number of thiophene rings is 1. The zero-order valence-corrected chi connectivity index (χ0v) is 17.0. The summed E-state index contributed by atoms with van der Waals surface area (Å²) in [5.74, 6) is 0.906. The molecule has 0 amide bonds. The van der Waals surface area contributed by atoms with Gasteiger partial charge in [-0.15, -0.1) is 21.5 Å². The lowest BCUT2D eigenvalue weighted by atomic mass is 10.1. The fourth-order valence-corrected chi connectivity index (χ4v) is 4.62. The number of nitrogens with zero attached hydrogens (tertiary/aromatic N) is 2. The first-order chi connectivity index (χ1) is 12.8. The van der Waals surface area contributed by atoms with E-state index in [1.54, 1.807) is 42.5 Å². The van der Waals surface area contributed by atoms with Crippen molar-refractivity contribution in [1.82, 2.24) is 10.2 Å². The first-order valence-corrected chi connectivity index (χ1v) is 10.8. The average Bonchev–Trinajstić information content (AvgIpc) is 3.08. The number of nitrogens with one attached hydrogen (secondary N) is 1. The summed E-state index contributed by atoms with van der Waals surface area (Å²) < 4.78 is 33.2. The molecule has 0 atom stereocenters. The van der Waals surface area contributed by atoms with Crippen LogP contribution in [-0.2, 0) is 10.0 Å². The number of aryl methyl sites for hydroxylation is 1. The van der Waals surface area contributed by atoms with Crippen LogP contribution in [0.2, 0.25) is 0 Å². The first kappa shape index (κ1) is 19.3. The molecule has 0 spiro atoms. The molecule has 0 unspecified atom stereocenters. The highest BCUT2D eigenvalue weighted by Crippen LogP contribution is 2.25. The predicted octanol–water partition coefficient (Wildman–Crippen LogP) is 4.35. The van der Waals surface area contributed by atoms with Gasteiger partial charge in [0.25, 0.3) is 10.0 Å². The summed E-state index contributed by atoms with van der Waals surface area (Å²) in [5, 5.41) is 8.24. The fraction of sp³-hybridized carbons (Fsp3) is 0.263. The number of ether oxygens (including phenoxy) is 1. The van der Waals surface area contributed by atoms with Crippen LogP contribution < -0.4 is 9.46 Å². The molecule has 0 radical (unpaired) electrons. The summed E-state index contributed by atoms with van der Waals surface area (Å²) in [7, 11) is -3.57. The smallest absolute Gasteiger partial charge is 0.271 e. The van der Waals surface area contributed by atoms with Crippen LogP contribution in [0.25, 0.3) is 11.3 Å². The minimum atomic E-state index is -3.57. The Morgan fingerprint density at radius 1 is 1.04 bits per heavy atom. The summed E-state index contributed by atoms with van der Waals surface area (Å²) in [6.07, 6.45) is 0. The third-order valence-electron chi connectivity index (χ3n) is 3.62. The predicted molar refractivity (Wildman–Crippen MR) is 108 cm³/mol. The van der Waals surface area contributed by atoms with Gasteiger partial charge in [0.05, 0.1) is 12.3 Å². The van der Waals surface area contributed by atoms with Gasteiger partial charge in [-0.1, -0.05) is 26.0 Å². The van der Waals surface area contributed by atoms with Gasteiger partial charge in [0.15, 0.2) is 0 Å². The molecular formula is C19H21N3O3S2. The maximum atomic E-state index is 12.4. The van der Waals surface area contributed by atoms with Crippen molar-refractivity contribution < 1.29 is 13.2 Å². The summed E-state index contributed by atoms with van der Waals surface area (Å²) in [6.45, 7) is 6.60. The maximum Gasteiger partial charge on any atom is 0.271 e. The molecule has 3 rings (SSSR count). The molecule has 1 aromatic carbocycles. The van der Waals surface area contributed by atoms with Crippen molar-refractivity contribution in [3.8, 4) is 17.1 Å². The van der Waals surface area contributed by atoms with Crippen LogP contribution in [0, 0.1) is 12.8 Å². The van der Waals surface area contributed by atoms with Crippen molar-refractivity contribution >= 4 is 27.0 Å². The number of benzene rings is 1. The zero-order chi connectivity index (χ0) is 19.4. The minimum absolute atomic E-state index is 0.298. The van der Waals surface area contributed by atoms with Crippen LogP contribution in [0.4, 0.5) is 5.69 Å². The van der Waals surface area contributed by atoms with Gasteiger partial charge < -0.3 is 4.74 Å². The van der Waals surface area contributed by atoms with E-state index in [2.05, 4.69) is 28.8 Å². The molecule has 1 N–H and O–H groups in total. The van der Waals surface area contributed by atoms with Crippen molar-refractivity contribution in [2.45, 2.75) is 25.0 Å². The molecule has 6 nitrogen and oxygen atoms in total. The fourth-order valence-electron chi connectivity index (χ4n) is 2.27. The Labute approximate surface area is 163 Å². The number of anilines is 1. The normalized spacial score (nSPS) is 11.6. The lowest BCUT2D eigenvalue weighted by Gasteiger charge is -2.08. The summed E-state index contributed by atoms with van der Waals surface area (Å²) in [6, 6.07) is 14.0. The van der Waals surface area contributed by atoms with E-state index in [9.17, 15) is 8.42 Å². The molecule has 2 aromatic heterocycles. The highest BCUT2D eigenvalue weighted by molar-refractivity contribution is 7.94. The van der Waals surface area contributed by atoms with Crippen LogP contribution >= 0.6 is 11.3 Å². The summed E-state index contributed by atoms with van der Waals surface area (Å²) >= 11 is 1.24. The molecule has 27 heavy (non-hydrogen) atoms. The van der Waals surface area contributed by atoms with Crippen molar-refractivity contribution in [3.63, 3.8) is 0 Å². The third kappa shape index (κ3) is 5.05. The Kier molecular flexibility index (Phi) is 5.76. The van der Waals surface area contributed by atoms with E-state index in [0.29, 0.717) is 34.0 Å². The molecule has 0 aliphatic heterocycles. The molecule has 8 heteroatoms. The van der Waals surface area contributed by atoms with E-state index >= 15 is 0 Å². The topological polar surface area (TPSA) is 81.2 Å². The van der Waals surface area contributed by atoms with Gasteiger partial charge in [0.1, 0.15) is 4.21 Å². The van der Waals surface area contributed by atoms with Gasteiger partial charge in [-0.25, -0.2) is 8.42 Å². The number of rotatable bonds is 7. The second kappa shape index (κ2) is 8.06. The van der Waals surface area contributed by atoms with E-state index in [1.807, 2.05) is 13.0 Å². The quantitative estimate of drug-likeness (QED) is 0.634. The van der Waals surface area contributed by atoms with Gasteiger partial charge in [0, 0.05) is 22.2 Å². The Bertz CT molecular complexity index is 995. The first-order valence-electron chi connectivity index (χ1n) is 8.50. The largest absolute Gasteiger partial charge is 0.476 e. The Balaban J connectivity index is 1.70. The van der Waals surface area contributed by atoms with E-state index < -0.39 is 10.0 Å². The van der Waals surface area contributed by atoms with Gasteiger partial charge in [-0.3, -0.25) is 4.72 Å². The lowest BCUT2D eigenvalue weighted by Crippen LogP contribution is -2.11. The van der Waals surface area contributed by atoms with Crippen LogP contribution in [0.1, 0.15) is 18.7 Å². The Hall–Kier alpha value is -2.45. The van der Waals surface area contributed by atoms with Crippen molar-refractivity contribution in [2.75, 3.05) is 11.3 Å². The van der Waals surface area contributed by atoms with Gasteiger partial charge in [-0.2, -0.15) is 0 Å². The third-order valence-corrected chi connectivity index (χ3v) is 6.49. The van der Waals surface area contributed by atoms with Gasteiger partial charge in [0.2, 0.25) is 5.88 Å². The molecule has 142 valence electrons. The van der Waals surface area contributed by atoms with Crippen LogP contribution in [0.3, 0.4) is 0 Å². The molecule has 0 aliphatic carbocycles. The number of hydrogen-bond donors (Lipinski definition) is 1. The molecule has 0 aliphatic rings. The van der Waals surface area contributed by atoms with Crippen LogP contribution in [-0.4, -0.2) is 25.2 Å². The van der Waals surface area contributed by atoms with Crippen molar-refractivity contribution in [2.24, 2.45) is 5.92 Å². The number of sulfonamides is 1.